The zero-order valence-corrected chi connectivity index (χ0v) is 6.14. The Kier molecular flexibility index (Phi) is 2.05. The molecule has 0 spiro atoms. The van der Waals surface area contributed by atoms with Gasteiger partial charge in [0.15, 0.2) is 0 Å². The molecule has 0 aromatic rings. The van der Waals surface area contributed by atoms with Gasteiger partial charge in [0.25, 0.3) is 0 Å². The van der Waals surface area contributed by atoms with E-state index in [1.807, 2.05) is 0 Å². The molecular weight excluding hydrogens is 148 g/mol. The fourth-order valence-electron chi connectivity index (χ4n) is 0.756. The molecule has 1 aliphatic heterocycles. The molecule has 0 radical (unpaired) electrons. The number of aliphatic hydroxyl groups excluding tert-OH is 2. The van der Waals surface area contributed by atoms with E-state index in [4.69, 9.17) is 11.5 Å². The molecule has 2 N–H and O–H groups in total. The highest BCUT2D eigenvalue weighted by atomic mass is 32.2. The minimum absolute atomic E-state index is 0.192. The molecule has 2 atom stereocenters. The Hall–Kier alpha value is -0.430. The predicted molar refractivity (Wildman–Crippen MR) is 41.4 cm³/mol. The highest BCUT2D eigenvalue weighted by Crippen LogP contribution is 2.35. The van der Waals surface area contributed by atoms with E-state index in [1.54, 1.807) is 11.5 Å². The second-order valence-corrected chi connectivity index (χ2v) is 3.32. The summed E-state index contributed by atoms with van der Waals surface area (Å²) in [5.41, 5.74) is 0. The third-order valence-corrected chi connectivity index (χ3v) is 2.70. The molecule has 2 nitrogen and oxygen atoms in total. The molecule has 1 rings (SSSR count). The average Bonchev–Trinajstić information content (AvgIpc) is 2.32. The Morgan fingerprint density at radius 3 is 2.70 bits per heavy atom. The number of thioether (sulfide) groups is 1. The Morgan fingerprint density at radius 1 is 1.80 bits per heavy atom. The zero-order valence-electron chi connectivity index (χ0n) is 5.32. The van der Waals surface area contributed by atoms with Crippen LogP contribution in [0.4, 0.5) is 0 Å². The van der Waals surface area contributed by atoms with Crippen LogP contribution in [0, 0.1) is 12.3 Å². The van der Waals surface area contributed by atoms with Gasteiger partial charge in [-0.15, -0.1) is 18.2 Å². The van der Waals surface area contributed by atoms with E-state index in [2.05, 4.69) is 5.92 Å². The molecule has 54 valence electrons. The molecule has 0 saturated carbocycles. The van der Waals surface area contributed by atoms with Gasteiger partial charge < -0.3 is 10.2 Å². The first-order chi connectivity index (χ1) is 4.75. The van der Waals surface area contributed by atoms with Gasteiger partial charge in [0.05, 0.1) is 6.61 Å². The normalized spacial score (nSPS) is 37.9. The average molecular weight is 156 g/mol. The first kappa shape index (κ1) is 7.67. The maximum absolute atomic E-state index is 9.23. The number of terminal acetylenes is 1. The molecule has 0 aromatic heterocycles. The highest BCUT2D eigenvalue weighted by Gasteiger charge is 2.37. The first-order valence-electron chi connectivity index (χ1n) is 2.86. The van der Waals surface area contributed by atoms with Crippen LogP contribution in [0.25, 0.3) is 0 Å². The number of hydrogen-bond donors (Lipinski definition) is 2. The van der Waals surface area contributed by atoms with E-state index in [1.165, 1.54) is 11.8 Å². The topological polar surface area (TPSA) is 40.5 Å². The van der Waals surface area contributed by atoms with Crippen molar-refractivity contribution in [3.63, 3.8) is 0 Å². The number of rotatable bonds is 1. The van der Waals surface area contributed by atoms with Crippen LogP contribution < -0.4 is 0 Å². The second kappa shape index (κ2) is 2.67. The van der Waals surface area contributed by atoms with Gasteiger partial charge in [-0.05, 0) is 11.5 Å². The standard InChI is InChI=1S/C7H8O2S/c1-2-7(5-8)6(9)3-4-10-7/h1,3-4,6,8-9H,5H2/t6-,7+/m0/s1. The maximum Gasteiger partial charge on any atom is 0.132 e. The van der Waals surface area contributed by atoms with Crippen LogP contribution in [-0.4, -0.2) is 27.7 Å². The van der Waals surface area contributed by atoms with Gasteiger partial charge in [-0.2, -0.15) is 0 Å². The summed E-state index contributed by atoms with van der Waals surface area (Å²) in [4.78, 5) is 0. The van der Waals surface area contributed by atoms with Crippen molar-refractivity contribution in [1.29, 1.82) is 0 Å². The summed E-state index contributed by atoms with van der Waals surface area (Å²) in [5.74, 6) is 2.38. The van der Waals surface area contributed by atoms with Crippen LogP contribution in [0.5, 0.6) is 0 Å². The van der Waals surface area contributed by atoms with Gasteiger partial charge in [-0.1, -0.05) is 5.92 Å². The molecule has 0 aliphatic carbocycles. The molecule has 0 aromatic carbocycles. The molecule has 1 heterocycles. The lowest BCUT2D eigenvalue weighted by Gasteiger charge is -2.22. The SMILES string of the molecule is C#C[C@]1(CO)SC=C[C@@H]1O. The van der Waals surface area contributed by atoms with Crippen molar-refractivity contribution in [1.82, 2.24) is 0 Å². The molecule has 0 unspecified atom stereocenters. The van der Waals surface area contributed by atoms with Crippen molar-refractivity contribution < 1.29 is 10.2 Å². The lowest BCUT2D eigenvalue weighted by Crippen LogP contribution is -2.37. The molecule has 0 amide bonds. The van der Waals surface area contributed by atoms with Crippen LogP contribution in [0.15, 0.2) is 11.5 Å². The Bertz CT molecular complexity index is 194. The summed E-state index contributed by atoms with van der Waals surface area (Å²) in [6.45, 7) is -0.192. The number of hydrogen-bond acceptors (Lipinski definition) is 3. The van der Waals surface area contributed by atoms with E-state index in [0.29, 0.717) is 0 Å². The summed E-state index contributed by atoms with van der Waals surface area (Å²) in [6, 6.07) is 0. The van der Waals surface area contributed by atoms with Gasteiger partial charge in [-0.25, -0.2) is 0 Å². The van der Waals surface area contributed by atoms with E-state index >= 15 is 0 Å². The highest BCUT2D eigenvalue weighted by molar-refractivity contribution is 8.04. The van der Waals surface area contributed by atoms with Crippen LogP contribution in [0.3, 0.4) is 0 Å². The summed E-state index contributed by atoms with van der Waals surface area (Å²) < 4.78 is -0.819. The Labute approximate surface area is 63.9 Å². The van der Waals surface area contributed by atoms with Crippen molar-refractivity contribution in [2.24, 2.45) is 0 Å². The van der Waals surface area contributed by atoms with Crippen LogP contribution in [0.1, 0.15) is 0 Å². The molecule has 1 aliphatic rings. The van der Waals surface area contributed by atoms with Gasteiger partial charge in [0.1, 0.15) is 10.9 Å². The van der Waals surface area contributed by atoms with E-state index < -0.39 is 10.9 Å². The minimum Gasteiger partial charge on any atom is -0.394 e. The lowest BCUT2D eigenvalue weighted by molar-refractivity contribution is 0.153. The number of aliphatic hydroxyl groups is 2. The first-order valence-corrected chi connectivity index (χ1v) is 3.74. The van der Waals surface area contributed by atoms with Crippen LogP contribution >= 0.6 is 11.8 Å². The molecule has 3 heteroatoms. The van der Waals surface area contributed by atoms with Gasteiger partial charge in [-0.3, -0.25) is 0 Å². The lowest BCUT2D eigenvalue weighted by atomic mass is 10.0. The van der Waals surface area contributed by atoms with Crippen molar-refractivity contribution in [2.75, 3.05) is 6.61 Å². The minimum atomic E-state index is -0.819. The fraction of sp³-hybridized carbons (Fsp3) is 0.429. The smallest absolute Gasteiger partial charge is 0.132 e. The molecule has 0 saturated heterocycles. The maximum atomic E-state index is 9.23. The predicted octanol–water partition coefficient (Wildman–Crippen LogP) is -0.0279. The monoisotopic (exact) mass is 156 g/mol. The van der Waals surface area contributed by atoms with Gasteiger partial charge in [0, 0.05) is 0 Å². The van der Waals surface area contributed by atoms with Crippen molar-refractivity contribution >= 4 is 11.8 Å². The quantitative estimate of drug-likeness (QED) is 0.524. The van der Waals surface area contributed by atoms with Gasteiger partial charge >= 0.3 is 0 Å². The third kappa shape index (κ3) is 0.948. The molecular formula is C7H8O2S. The van der Waals surface area contributed by atoms with E-state index in [-0.39, 0.29) is 6.61 Å². The van der Waals surface area contributed by atoms with Crippen LogP contribution in [-0.2, 0) is 0 Å². The summed E-state index contributed by atoms with van der Waals surface area (Å²) in [6.07, 6.45) is 6.01. The second-order valence-electron chi connectivity index (χ2n) is 2.08. The Morgan fingerprint density at radius 2 is 2.50 bits per heavy atom. The van der Waals surface area contributed by atoms with Crippen molar-refractivity contribution in [3.8, 4) is 12.3 Å². The van der Waals surface area contributed by atoms with Crippen LogP contribution in [0.2, 0.25) is 0 Å². The molecule has 0 fully saturated rings. The van der Waals surface area contributed by atoms with Gasteiger partial charge in [0.2, 0.25) is 0 Å². The fourth-order valence-corrected chi connectivity index (χ4v) is 1.59. The third-order valence-electron chi connectivity index (χ3n) is 1.50. The van der Waals surface area contributed by atoms with Crippen molar-refractivity contribution in [3.05, 3.63) is 11.5 Å². The summed E-state index contributed by atoms with van der Waals surface area (Å²) in [5, 5.41) is 19.8. The summed E-state index contributed by atoms with van der Waals surface area (Å²) in [7, 11) is 0. The van der Waals surface area contributed by atoms with E-state index in [0.717, 1.165) is 0 Å². The summed E-state index contributed by atoms with van der Waals surface area (Å²) >= 11 is 1.28. The zero-order chi connectivity index (χ0) is 7.61. The Balaban J connectivity index is 2.79. The van der Waals surface area contributed by atoms with E-state index in [9.17, 15) is 5.11 Å². The van der Waals surface area contributed by atoms with Crippen molar-refractivity contribution in [2.45, 2.75) is 10.9 Å². The largest absolute Gasteiger partial charge is 0.394 e. The molecule has 10 heavy (non-hydrogen) atoms. The molecule has 0 bridgehead atoms.